The van der Waals surface area contributed by atoms with E-state index in [2.05, 4.69) is 27.8 Å². The Morgan fingerprint density at radius 2 is 1.86 bits per heavy atom. The lowest BCUT2D eigenvalue weighted by Gasteiger charge is -2.19. The van der Waals surface area contributed by atoms with Crippen LogP contribution in [-0.4, -0.2) is 29.1 Å². The normalized spacial score (nSPS) is 20.4. The number of nitrogens with zero attached hydrogens (tertiary/aromatic N) is 3. The van der Waals surface area contributed by atoms with Gasteiger partial charge in [-0.1, -0.05) is 45.4 Å². The molecule has 144 valence electrons. The van der Waals surface area contributed by atoms with Crippen molar-refractivity contribution in [2.45, 2.75) is 18.7 Å². The minimum atomic E-state index is 0.00102. The van der Waals surface area contributed by atoms with Crippen LogP contribution in [0.4, 0.5) is 11.4 Å². The average molecular weight is 495 g/mol. The fourth-order valence-corrected chi connectivity index (χ4v) is 6.08. The minimum absolute atomic E-state index is 0.00102. The Balaban J connectivity index is 1.75. The molecule has 4 rings (SSSR count). The van der Waals surface area contributed by atoms with E-state index in [0.29, 0.717) is 16.7 Å². The summed E-state index contributed by atoms with van der Waals surface area (Å²) in [6, 6.07) is 13.6. The number of thioether (sulfide) groups is 2. The summed E-state index contributed by atoms with van der Waals surface area (Å²) in [6.45, 7) is 5.38. The number of aliphatic imine (C=N–C) groups is 1. The van der Waals surface area contributed by atoms with Crippen LogP contribution in [0.25, 0.3) is 0 Å². The van der Waals surface area contributed by atoms with E-state index in [1.807, 2.05) is 49.4 Å². The number of benzene rings is 2. The van der Waals surface area contributed by atoms with E-state index in [1.165, 1.54) is 11.8 Å². The summed E-state index contributed by atoms with van der Waals surface area (Å²) in [5.74, 6) is 0.00102. The van der Waals surface area contributed by atoms with Gasteiger partial charge in [0.2, 0.25) is 0 Å². The highest BCUT2D eigenvalue weighted by molar-refractivity contribution is 9.10. The highest BCUT2D eigenvalue weighted by atomic mass is 79.9. The van der Waals surface area contributed by atoms with Crippen LogP contribution in [0.1, 0.15) is 13.8 Å². The average Bonchev–Trinajstić information content (AvgIpc) is 3.18. The molecular formula is C20H17BrClN3OS2. The Morgan fingerprint density at radius 3 is 2.57 bits per heavy atom. The summed E-state index contributed by atoms with van der Waals surface area (Å²) < 4.78 is 0.959. The number of amides is 1. The lowest BCUT2D eigenvalue weighted by atomic mass is 10.3. The molecule has 0 unspecified atom stereocenters. The predicted molar refractivity (Wildman–Crippen MR) is 124 cm³/mol. The number of fused-ring (bicyclic) bond motifs is 1. The Kier molecular flexibility index (Phi) is 5.78. The molecule has 8 heteroatoms. The molecule has 0 bridgehead atoms. The van der Waals surface area contributed by atoms with Crippen molar-refractivity contribution >= 4 is 73.5 Å². The van der Waals surface area contributed by atoms with Gasteiger partial charge in [0, 0.05) is 27.5 Å². The summed E-state index contributed by atoms with van der Waals surface area (Å²) in [5, 5.41) is 2.35. The molecule has 0 spiro atoms. The third-order valence-corrected chi connectivity index (χ3v) is 7.49. The maximum absolute atomic E-state index is 13.2. The first-order valence-electron chi connectivity index (χ1n) is 8.85. The fraction of sp³-hybridized carbons (Fsp3) is 0.200. The highest BCUT2D eigenvalue weighted by Gasteiger charge is 2.39. The van der Waals surface area contributed by atoms with Crippen LogP contribution in [0.5, 0.6) is 0 Å². The summed E-state index contributed by atoms with van der Waals surface area (Å²) in [7, 11) is 0. The largest absolute Gasteiger partial charge is 0.334 e. The highest BCUT2D eigenvalue weighted by Crippen LogP contribution is 2.51. The molecule has 2 aliphatic heterocycles. The van der Waals surface area contributed by atoms with Crippen molar-refractivity contribution in [3.63, 3.8) is 0 Å². The lowest BCUT2D eigenvalue weighted by molar-refractivity contribution is -0.122. The second kappa shape index (κ2) is 8.14. The van der Waals surface area contributed by atoms with Crippen molar-refractivity contribution in [3.05, 3.63) is 61.9 Å². The molecule has 0 N–H and O–H groups in total. The topological polar surface area (TPSA) is 35.9 Å². The van der Waals surface area contributed by atoms with Crippen molar-refractivity contribution in [1.82, 2.24) is 4.90 Å². The third kappa shape index (κ3) is 3.61. The number of likely N-dealkylation sites (N-methyl/N-ethyl adjacent to an activating group) is 1. The smallest absolute Gasteiger partial charge is 0.269 e. The SMILES string of the molecule is CCN1C(=O)C(=C2Sc3ccc(Cl)cc3N2CC)SC1=Nc1cccc(Br)c1. The number of carbonyl (C=O) groups is 1. The quantitative estimate of drug-likeness (QED) is 0.457. The number of hydrogen-bond donors (Lipinski definition) is 0. The summed E-state index contributed by atoms with van der Waals surface area (Å²) in [5.41, 5.74) is 1.87. The van der Waals surface area contributed by atoms with Crippen LogP contribution in [0.3, 0.4) is 0 Å². The Morgan fingerprint density at radius 1 is 1.07 bits per heavy atom. The second-order valence-electron chi connectivity index (χ2n) is 6.12. The van der Waals surface area contributed by atoms with Gasteiger partial charge in [-0.3, -0.25) is 9.69 Å². The van der Waals surface area contributed by atoms with E-state index in [1.54, 1.807) is 16.7 Å². The number of anilines is 1. The van der Waals surface area contributed by atoms with E-state index in [0.717, 1.165) is 37.2 Å². The minimum Gasteiger partial charge on any atom is -0.334 e. The van der Waals surface area contributed by atoms with Crippen molar-refractivity contribution < 1.29 is 4.79 Å². The number of halogens is 2. The van der Waals surface area contributed by atoms with Gasteiger partial charge >= 0.3 is 0 Å². The lowest BCUT2D eigenvalue weighted by Crippen LogP contribution is -2.29. The molecule has 1 amide bonds. The van der Waals surface area contributed by atoms with Gasteiger partial charge in [0.25, 0.3) is 5.91 Å². The summed E-state index contributed by atoms with van der Waals surface area (Å²) in [4.78, 5) is 23.6. The Bertz CT molecular complexity index is 1020. The van der Waals surface area contributed by atoms with Gasteiger partial charge in [-0.05, 0) is 62.0 Å². The zero-order chi connectivity index (χ0) is 19.8. The number of carbonyl (C=O) groups excluding carboxylic acids is 1. The van der Waals surface area contributed by atoms with Gasteiger partial charge in [0.15, 0.2) is 5.17 Å². The molecule has 1 saturated heterocycles. The van der Waals surface area contributed by atoms with E-state index >= 15 is 0 Å². The molecule has 2 heterocycles. The van der Waals surface area contributed by atoms with Gasteiger partial charge in [-0.2, -0.15) is 0 Å². The number of hydrogen-bond acceptors (Lipinski definition) is 5. The first-order valence-corrected chi connectivity index (χ1v) is 11.7. The summed E-state index contributed by atoms with van der Waals surface area (Å²) in [6.07, 6.45) is 0. The van der Waals surface area contributed by atoms with E-state index < -0.39 is 0 Å². The molecule has 0 aromatic heterocycles. The molecule has 2 aromatic rings. The van der Waals surface area contributed by atoms with E-state index in [9.17, 15) is 4.79 Å². The molecule has 0 aliphatic carbocycles. The van der Waals surface area contributed by atoms with Gasteiger partial charge in [0.05, 0.1) is 11.4 Å². The van der Waals surface area contributed by atoms with Crippen molar-refractivity contribution in [1.29, 1.82) is 0 Å². The fourth-order valence-electron chi connectivity index (χ4n) is 3.09. The molecule has 4 nitrogen and oxygen atoms in total. The molecular weight excluding hydrogens is 478 g/mol. The predicted octanol–water partition coefficient (Wildman–Crippen LogP) is 6.49. The molecule has 0 radical (unpaired) electrons. The first kappa shape index (κ1) is 19.9. The van der Waals surface area contributed by atoms with Crippen LogP contribution < -0.4 is 4.90 Å². The van der Waals surface area contributed by atoms with Crippen LogP contribution in [0, 0.1) is 0 Å². The molecule has 28 heavy (non-hydrogen) atoms. The van der Waals surface area contributed by atoms with Gasteiger partial charge < -0.3 is 4.90 Å². The standard InChI is InChI=1S/C20H17BrClN3OS2/c1-3-24-15-11-13(22)8-9-16(15)27-19(24)17-18(26)25(4-2)20(28-17)23-14-7-5-6-12(21)10-14/h5-11H,3-4H2,1-2H3. The van der Waals surface area contributed by atoms with Gasteiger partial charge in [-0.25, -0.2) is 4.99 Å². The van der Waals surface area contributed by atoms with Crippen LogP contribution in [0.2, 0.25) is 5.02 Å². The molecule has 2 aliphatic rings. The molecule has 0 saturated carbocycles. The Hall–Kier alpha value is -1.41. The monoisotopic (exact) mass is 493 g/mol. The van der Waals surface area contributed by atoms with Crippen LogP contribution in [-0.2, 0) is 4.79 Å². The maximum Gasteiger partial charge on any atom is 0.269 e. The third-order valence-electron chi connectivity index (χ3n) is 4.39. The zero-order valence-corrected chi connectivity index (χ0v) is 19.3. The molecule has 0 atom stereocenters. The summed E-state index contributed by atoms with van der Waals surface area (Å²) >= 11 is 12.7. The van der Waals surface area contributed by atoms with Crippen molar-refractivity contribution in [3.8, 4) is 0 Å². The van der Waals surface area contributed by atoms with Crippen LogP contribution in [0.15, 0.2) is 66.8 Å². The van der Waals surface area contributed by atoms with Crippen LogP contribution >= 0.6 is 51.1 Å². The zero-order valence-electron chi connectivity index (χ0n) is 15.3. The van der Waals surface area contributed by atoms with Gasteiger partial charge in [-0.15, -0.1) is 0 Å². The number of rotatable bonds is 3. The van der Waals surface area contributed by atoms with E-state index in [-0.39, 0.29) is 5.91 Å². The molecule has 1 fully saturated rings. The second-order valence-corrected chi connectivity index (χ2v) is 9.48. The van der Waals surface area contributed by atoms with Crippen molar-refractivity contribution in [2.75, 3.05) is 18.0 Å². The van der Waals surface area contributed by atoms with Gasteiger partial charge in [0.1, 0.15) is 9.93 Å². The van der Waals surface area contributed by atoms with E-state index in [4.69, 9.17) is 16.6 Å². The maximum atomic E-state index is 13.2. The Labute approximate surface area is 186 Å². The first-order chi connectivity index (χ1) is 13.5. The number of amidine groups is 1. The van der Waals surface area contributed by atoms with Crippen molar-refractivity contribution in [2.24, 2.45) is 4.99 Å². The molecule has 2 aromatic carbocycles.